The highest BCUT2D eigenvalue weighted by atomic mass is 35.5. The van der Waals surface area contributed by atoms with Gasteiger partial charge in [-0.05, 0) is 29.7 Å². The maximum atomic E-state index is 12.3. The Balaban J connectivity index is 1.53. The number of rotatable bonds is 7. The van der Waals surface area contributed by atoms with Crippen LogP contribution in [0.2, 0.25) is 5.02 Å². The van der Waals surface area contributed by atoms with E-state index in [4.69, 9.17) is 11.6 Å². The van der Waals surface area contributed by atoms with Crippen molar-refractivity contribution < 1.29 is 4.79 Å². The van der Waals surface area contributed by atoms with Gasteiger partial charge in [-0.15, -0.1) is 0 Å². The second kappa shape index (κ2) is 8.97. The Morgan fingerprint density at radius 2 is 1.77 bits per heavy atom. The van der Waals surface area contributed by atoms with Gasteiger partial charge in [-0.25, -0.2) is 9.97 Å². The highest BCUT2D eigenvalue weighted by Crippen LogP contribution is 2.11. The van der Waals surface area contributed by atoms with Crippen LogP contribution in [0.1, 0.15) is 21.6 Å². The fourth-order valence-corrected chi connectivity index (χ4v) is 2.69. The molecule has 1 amide bonds. The Labute approximate surface area is 157 Å². The minimum absolute atomic E-state index is 0.228. The molecule has 0 saturated heterocycles. The molecule has 1 heterocycles. The summed E-state index contributed by atoms with van der Waals surface area (Å²) in [6.45, 7) is 1.14. The fourth-order valence-electron chi connectivity index (χ4n) is 2.47. The van der Waals surface area contributed by atoms with Crippen molar-refractivity contribution in [2.75, 3.05) is 11.9 Å². The van der Waals surface area contributed by atoms with Crippen molar-refractivity contribution in [3.8, 4) is 0 Å². The molecule has 0 unspecified atom stereocenters. The maximum absolute atomic E-state index is 12.3. The van der Waals surface area contributed by atoms with Crippen LogP contribution in [0.5, 0.6) is 0 Å². The Morgan fingerprint density at radius 1 is 0.962 bits per heavy atom. The third kappa shape index (κ3) is 5.29. The molecule has 0 aliphatic carbocycles. The standard InChI is InChI=1S/C20H19ClN4O/c21-17-8-4-7-15(11-17)9-10-22-19-12-18(24-14-25-19)20(26)23-13-16-5-2-1-3-6-16/h1-8,11-12,14H,9-10,13H2,(H,23,26)(H,22,24,25). The van der Waals surface area contributed by atoms with Crippen molar-refractivity contribution in [3.63, 3.8) is 0 Å². The third-order valence-electron chi connectivity index (χ3n) is 3.80. The smallest absolute Gasteiger partial charge is 0.270 e. The first kappa shape index (κ1) is 17.9. The Kier molecular flexibility index (Phi) is 6.17. The van der Waals surface area contributed by atoms with Crippen LogP contribution in [-0.4, -0.2) is 22.4 Å². The van der Waals surface area contributed by atoms with E-state index >= 15 is 0 Å². The topological polar surface area (TPSA) is 66.9 Å². The van der Waals surface area contributed by atoms with Crippen molar-refractivity contribution in [1.29, 1.82) is 0 Å². The van der Waals surface area contributed by atoms with E-state index in [9.17, 15) is 4.79 Å². The van der Waals surface area contributed by atoms with E-state index in [1.165, 1.54) is 6.33 Å². The summed E-state index contributed by atoms with van der Waals surface area (Å²) in [5.74, 6) is 0.390. The van der Waals surface area contributed by atoms with E-state index in [0.717, 1.165) is 22.6 Å². The number of hydrogen-bond acceptors (Lipinski definition) is 4. The van der Waals surface area contributed by atoms with Crippen molar-refractivity contribution in [3.05, 3.63) is 88.8 Å². The second-order valence-corrected chi connectivity index (χ2v) is 6.20. The molecular formula is C20H19ClN4O. The number of nitrogens with zero attached hydrogens (tertiary/aromatic N) is 2. The van der Waals surface area contributed by atoms with Crippen LogP contribution >= 0.6 is 11.6 Å². The summed E-state index contributed by atoms with van der Waals surface area (Å²) >= 11 is 5.98. The molecule has 0 aliphatic rings. The molecule has 0 atom stereocenters. The molecule has 6 heteroatoms. The average molecular weight is 367 g/mol. The lowest BCUT2D eigenvalue weighted by Crippen LogP contribution is -2.24. The molecule has 0 spiro atoms. The molecule has 1 aromatic heterocycles. The molecule has 26 heavy (non-hydrogen) atoms. The van der Waals surface area contributed by atoms with Crippen LogP contribution in [0.15, 0.2) is 67.0 Å². The van der Waals surface area contributed by atoms with Gasteiger partial charge in [-0.2, -0.15) is 0 Å². The molecule has 0 fully saturated rings. The largest absolute Gasteiger partial charge is 0.370 e. The molecule has 5 nitrogen and oxygen atoms in total. The lowest BCUT2D eigenvalue weighted by Gasteiger charge is -2.08. The van der Waals surface area contributed by atoms with Gasteiger partial charge < -0.3 is 10.6 Å². The van der Waals surface area contributed by atoms with Crippen LogP contribution in [0.3, 0.4) is 0 Å². The average Bonchev–Trinajstić information content (AvgIpc) is 2.67. The van der Waals surface area contributed by atoms with E-state index in [0.29, 0.717) is 24.6 Å². The minimum atomic E-state index is -0.228. The zero-order chi connectivity index (χ0) is 18.2. The Bertz CT molecular complexity index is 870. The van der Waals surface area contributed by atoms with Crippen LogP contribution in [0.4, 0.5) is 5.82 Å². The summed E-state index contributed by atoms with van der Waals surface area (Å²) in [5.41, 5.74) is 2.51. The zero-order valence-electron chi connectivity index (χ0n) is 14.2. The molecule has 0 aliphatic heterocycles. The number of aromatic nitrogens is 2. The first-order valence-electron chi connectivity index (χ1n) is 8.33. The number of hydrogen-bond donors (Lipinski definition) is 2. The first-order chi connectivity index (χ1) is 12.7. The first-order valence-corrected chi connectivity index (χ1v) is 8.71. The molecule has 3 aromatic rings. The van der Waals surface area contributed by atoms with Crippen molar-refractivity contribution in [1.82, 2.24) is 15.3 Å². The Morgan fingerprint density at radius 3 is 2.58 bits per heavy atom. The summed E-state index contributed by atoms with van der Waals surface area (Å²) < 4.78 is 0. The maximum Gasteiger partial charge on any atom is 0.270 e. The van der Waals surface area contributed by atoms with Crippen LogP contribution in [0.25, 0.3) is 0 Å². The lowest BCUT2D eigenvalue weighted by molar-refractivity contribution is 0.0946. The normalized spacial score (nSPS) is 10.3. The highest BCUT2D eigenvalue weighted by Gasteiger charge is 2.08. The van der Waals surface area contributed by atoms with E-state index in [1.807, 2.05) is 54.6 Å². The monoisotopic (exact) mass is 366 g/mol. The van der Waals surface area contributed by atoms with Crippen LogP contribution < -0.4 is 10.6 Å². The van der Waals surface area contributed by atoms with Gasteiger partial charge in [0.1, 0.15) is 17.8 Å². The third-order valence-corrected chi connectivity index (χ3v) is 4.04. The number of nitrogens with one attached hydrogen (secondary N) is 2. The van der Waals surface area contributed by atoms with Gasteiger partial charge in [-0.3, -0.25) is 4.79 Å². The number of anilines is 1. The SMILES string of the molecule is O=C(NCc1ccccc1)c1cc(NCCc2cccc(Cl)c2)ncn1. The van der Waals surface area contributed by atoms with Gasteiger partial charge in [0.25, 0.3) is 5.91 Å². The van der Waals surface area contributed by atoms with Gasteiger partial charge in [-0.1, -0.05) is 54.1 Å². The van der Waals surface area contributed by atoms with Crippen molar-refractivity contribution in [2.24, 2.45) is 0 Å². The molecule has 0 radical (unpaired) electrons. The Hall–Kier alpha value is -2.92. The molecule has 0 saturated carbocycles. The van der Waals surface area contributed by atoms with Gasteiger partial charge in [0.15, 0.2) is 0 Å². The fraction of sp³-hybridized carbons (Fsp3) is 0.150. The summed E-state index contributed by atoms with van der Waals surface area (Å²) in [4.78, 5) is 20.5. The number of benzene rings is 2. The number of carbonyl (C=O) groups is 1. The van der Waals surface area contributed by atoms with E-state index in [1.54, 1.807) is 6.07 Å². The highest BCUT2D eigenvalue weighted by molar-refractivity contribution is 6.30. The van der Waals surface area contributed by atoms with Crippen LogP contribution in [0, 0.1) is 0 Å². The summed E-state index contributed by atoms with van der Waals surface area (Å²) in [7, 11) is 0. The number of halogens is 1. The van der Waals surface area contributed by atoms with Gasteiger partial charge in [0, 0.05) is 24.2 Å². The second-order valence-electron chi connectivity index (χ2n) is 5.76. The van der Waals surface area contributed by atoms with Gasteiger partial charge >= 0.3 is 0 Å². The lowest BCUT2D eigenvalue weighted by atomic mass is 10.1. The zero-order valence-corrected chi connectivity index (χ0v) is 14.9. The van der Waals surface area contributed by atoms with E-state index in [2.05, 4.69) is 20.6 Å². The molecular weight excluding hydrogens is 348 g/mol. The molecule has 2 N–H and O–H groups in total. The van der Waals surface area contributed by atoms with Crippen LogP contribution in [-0.2, 0) is 13.0 Å². The molecule has 0 bridgehead atoms. The summed E-state index contributed by atoms with van der Waals surface area (Å²) in [6, 6.07) is 19.1. The summed E-state index contributed by atoms with van der Waals surface area (Å²) in [6.07, 6.45) is 2.19. The number of amides is 1. The molecule has 132 valence electrons. The van der Waals surface area contributed by atoms with E-state index < -0.39 is 0 Å². The van der Waals surface area contributed by atoms with Crippen molar-refractivity contribution in [2.45, 2.75) is 13.0 Å². The molecule has 2 aromatic carbocycles. The quantitative estimate of drug-likeness (QED) is 0.668. The van der Waals surface area contributed by atoms with Gasteiger partial charge in [0.2, 0.25) is 0 Å². The minimum Gasteiger partial charge on any atom is -0.370 e. The predicted molar refractivity (Wildman–Crippen MR) is 103 cm³/mol. The predicted octanol–water partition coefficient (Wildman–Crippen LogP) is 3.71. The van der Waals surface area contributed by atoms with Gasteiger partial charge in [0.05, 0.1) is 0 Å². The molecule has 3 rings (SSSR count). The van der Waals surface area contributed by atoms with Crippen molar-refractivity contribution >= 4 is 23.3 Å². The van der Waals surface area contributed by atoms with E-state index in [-0.39, 0.29) is 5.91 Å². The number of carbonyl (C=O) groups excluding carboxylic acids is 1. The summed E-state index contributed by atoms with van der Waals surface area (Å²) in [5, 5.41) is 6.79.